The number of fused-ring (bicyclic) bond motifs is 1. The molecular weight excluding hydrogens is 154 g/mol. The molecule has 11 heavy (non-hydrogen) atoms. The van der Waals surface area contributed by atoms with E-state index in [9.17, 15) is 0 Å². The molecule has 1 aromatic rings. The average Bonchev–Trinajstić information content (AvgIpc) is 2.39. The van der Waals surface area contributed by atoms with Crippen molar-refractivity contribution in [3.8, 4) is 0 Å². The SMILES string of the molecule is CC1(C)Cc2sccc2C1N. The lowest BCUT2D eigenvalue weighted by atomic mass is 9.86. The Labute approximate surface area is 71.2 Å². The molecule has 1 unspecified atom stereocenters. The molecule has 2 rings (SSSR count). The van der Waals surface area contributed by atoms with Crippen LogP contribution in [0.25, 0.3) is 0 Å². The Morgan fingerprint density at radius 1 is 1.64 bits per heavy atom. The molecule has 0 bridgehead atoms. The lowest BCUT2D eigenvalue weighted by Gasteiger charge is -2.23. The molecule has 2 N–H and O–H groups in total. The van der Waals surface area contributed by atoms with Gasteiger partial charge in [-0.05, 0) is 28.8 Å². The maximum atomic E-state index is 6.08. The Morgan fingerprint density at radius 3 is 3.00 bits per heavy atom. The summed E-state index contributed by atoms with van der Waals surface area (Å²) in [6, 6.07) is 2.42. The van der Waals surface area contributed by atoms with Crippen molar-refractivity contribution in [2.45, 2.75) is 26.3 Å². The molecule has 1 aliphatic carbocycles. The van der Waals surface area contributed by atoms with Crippen molar-refractivity contribution >= 4 is 11.3 Å². The van der Waals surface area contributed by atoms with Crippen LogP contribution in [0.2, 0.25) is 0 Å². The van der Waals surface area contributed by atoms with Crippen LogP contribution in [0.1, 0.15) is 30.3 Å². The van der Waals surface area contributed by atoms with Gasteiger partial charge in [0.1, 0.15) is 0 Å². The predicted octanol–water partition coefficient (Wildman–Crippen LogP) is 2.33. The molecule has 1 atom stereocenters. The standard InChI is InChI=1S/C9H13NS/c1-9(2)5-7-6(8(9)10)3-4-11-7/h3-4,8H,5,10H2,1-2H3. The van der Waals surface area contributed by atoms with Crippen LogP contribution in [0.3, 0.4) is 0 Å². The largest absolute Gasteiger partial charge is 0.323 e. The average molecular weight is 167 g/mol. The van der Waals surface area contributed by atoms with Gasteiger partial charge < -0.3 is 5.73 Å². The van der Waals surface area contributed by atoms with Crippen molar-refractivity contribution in [1.29, 1.82) is 0 Å². The molecule has 1 aliphatic rings. The summed E-state index contributed by atoms with van der Waals surface area (Å²) in [6.07, 6.45) is 1.15. The van der Waals surface area contributed by atoms with Crippen molar-refractivity contribution in [3.05, 3.63) is 21.9 Å². The maximum absolute atomic E-state index is 6.08. The van der Waals surface area contributed by atoms with E-state index in [0.717, 1.165) is 6.42 Å². The van der Waals surface area contributed by atoms with E-state index in [1.54, 1.807) is 0 Å². The number of rotatable bonds is 0. The summed E-state index contributed by atoms with van der Waals surface area (Å²) >= 11 is 1.84. The quantitative estimate of drug-likeness (QED) is 0.630. The highest BCUT2D eigenvalue weighted by Crippen LogP contribution is 2.45. The van der Waals surface area contributed by atoms with Crippen LogP contribution in [0.15, 0.2) is 11.4 Å². The first kappa shape index (κ1) is 7.32. The zero-order valence-corrected chi connectivity index (χ0v) is 7.74. The van der Waals surface area contributed by atoms with Crippen LogP contribution in [-0.2, 0) is 6.42 Å². The van der Waals surface area contributed by atoms with E-state index in [-0.39, 0.29) is 11.5 Å². The minimum Gasteiger partial charge on any atom is -0.323 e. The number of hydrogen-bond donors (Lipinski definition) is 1. The van der Waals surface area contributed by atoms with E-state index in [2.05, 4.69) is 25.3 Å². The Hall–Kier alpha value is -0.340. The monoisotopic (exact) mass is 167 g/mol. The molecule has 1 aromatic heterocycles. The molecule has 1 heterocycles. The summed E-state index contributed by atoms with van der Waals surface area (Å²) in [4.78, 5) is 1.49. The summed E-state index contributed by atoms with van der Waals surface area (Å²) in [7, 11) is 0. The highest BCUT2D eigenvalue weighted by atomic mass is 32.1. The second kappa shape index (κ2) is 2.08. The molecule has 60 valence electrons. The van der Waals surface area contributed by atoms with E-state index in [4.69, 9.17) is 5.73 Å². The van der Waals surface area contributed by atoms with E-state index >= 15 is 0 Å². The van der Waals surface area contributed by atoms with Crippen molar-refractivity contribution in [2.75, 3.05) is 0 Å². The lowest BCUT2D eigenvalue weighted by Crippen LogP contribution is -2.24. The highest BCUT2D eigenvalue weighted by Gasteiger charge is 2.36. The van der Waals surface area contributed by atoms with Gasteiger partial charge in [-0.25, -0.2) is 0 Å². The minimum atomic E-state index is 0.253. The highest BCUT2D eigenvalue weighted by molar-refractivity contribution is 7.10. The van der Waals surface area contributed by atoms with Crippen LogP contribution in [-0.4, -0.2) is 0 Å². The molecule has 0 saturated carbocycles. The fraction of sp³-hybridized carbons (Fsp3) is 0.556. The molecule has 0 fully saturated rings. The summed E-state index contributed by atoms with van der Waals surface area (Å²) in [6.45, 7) is 4.48. The minimum absolute atomic E-state index is 0.253. The number of thiophene rings is 1. The second-order valence-corrected chi connectivity index (χ2v) is 4.94. The van der Waals surface area contributed by atoms with E-state index in [0.29, 0.717) is 0 Å². The molecule has 2 heteroatoms. The number of hydrogen-bond acceptors (Lipinski definition) is 2. The Morgan fingerprint density at radius 2 is 2.36 bits per heavy atom. The zero-order chi connectivity index (χ0) is 8.06. The maximum Gasteiger partial charge on any atom is 0.0361 e. The Balaban J connectivity index is 2.45. The first-order valence-corrected chi connectivity index (χ1v) is 4.81. The van der Waals surface area contributed by atoms with Crippen molar-refractivity contribution in [1.82, 2.24) is 0 Å². The van der Waals surface area contributed by atoms with Crippen LogP contribution in [0, 0.1) is 5.41 Å². The summed E-state index contributed by atoms with van der Waals surface area (Å²) in [5, 5.41) is 2.14. The van der Waals surface area contributed by atoms with Gasteiger partial charge in [-0.3, -0.25) is 0 Å². The molecule has 0 aromatic carbocycles. The Bertz CT molecular complexity index is 275. The van der Waals surface area contributed by atoms with Crippen molar-refractivity contribution < 1.29 is 0 Å². The third-order valence-corrected chi connectivity index (χ3v) is 3.51. The van der Waals surface area contributed by atoms with Gasteiger partial charge in [0.2, 0.25) is 0 Å². The van der Waals surface area contributed by atoms with Crippen molar-refractivity contribution in [2.24, 2.45) is 11.1 Å². The normalized spacial score (nSPS) is 27.0. The summed E-state index contributed by atoms with van der Waals surface area (Å²) in [5.41, 5.74) is 7.73. The molecule has 0 spiro atoms. The van der Waals surface area contributed by atoms with Crippen LogP contribution in [0.4, 0.5) is 0 Å². The predicted molar refractivity (Wildman–Crippen MR) is 48.7 cm³/mol. The molecular formula is C9H13NS. The zero-order valence-electron chi connectivity index (χ0n) is 6.92. The Kier molecular flexibility index (Phi) is 1.38. The molecule has 0 radical (unpaired) electrons. The van der Waals surface area contributed by atoms with Gasteiger partial charge in [-0.2, -0.15) is 0 Å². The fourth-order valence-corrected chi connectivity index (χ4v) is 2.88. The molecule has 0 amide bonds. The molecule has 0 saturated heterocycles. The van der Waals surface area contributed by atoms with E-state index in [1.807, 2.05) is 11.3 Å². The van der Waals surface area contributed by atoms with Crippen LogP contribution < -0.4 is 5.73 Å². The van der Waals surface area contributed by atoms with Gasteiger partial charge in [-0.15, -0.1) is 11.3 Å². The van der Waals surface area contributed by atoms with Gasteiger partial charge in [0.25, 0.3) is 0 Å². The smallest absolute Gasteiger partial charge is 0.0361 e. The van der Waals surface area contributed by atoms with Gasteiger partial charge in [0.15, 0.2) is 0 Å². The van der Waals surface area contributed by atoms with Crippen LogP contribution >= 0.6 is 11.3 Å². The first-order valence-electron chi connectivity index (χ1n) is 3.93. The summed E-state index contributed by atoms with van der Waals surface area (Å²) in [5.74, 6) is 0. The van der Waals surface area contributed by atoms with Gasteiger partial charge in [0.05, 0.1) is 0 Å². The third-order valence-electron chi connectivity index (χ3n) is 2.57. The van der Waals surface area contributed by atoms with E-state index in [1.165, 1.54) is 10.4 Å². The summed E-state index contributed by atoms with van der Waals surface area (Å²) < 4.78 is 0. The fourth-order valence-electron chi connectivity index (χ4n) is 1.72. The number of nitrogens with two attached hydrogens (primary N) is 1. The first-order chi connectivity index (χ1) is 5.11. The lowest BCUT2D eigenvalue weighted by molar-refractivity contribution is 0.319. The van der Waals surface area contributed by atoms with Gasteiger partial charge in [0, 0.05) is 10.9 Å². The molecule has 0 aliphatic heterocycles. The van der Waals surface area contributed by atoms with Gasteiger partial charge >= 0.3 is 0 Å². The second-order valence-electron chi connectivity index (χ2n) is 3.94. The van der Waals surface area contributed by atoms with E-state index < -0.39 is 0 Å². The third kappa shape index (κ3) is 0.932. The topological polar surface area (TPSA) is 26.0 Å². The van der Waals surface area contributed by atoms with Gasteiger partial charge in [-0.1, -0.05) is 13.8 Å². The van der Waals surface area contributed by atoms with Crippen LogP contribution in [0.5, 0.6) is 0 Å². The van der Waals surface area contributed by atoms with Crippen molar-refractivity contribution in [3.63, 3.8) is 0 Å². The molecule has 1 nitrogen and oxygen atoms in total.